The molecule has 2 atom stereocenters. The van der Waals surface area contributed by atoms with Crippen LogP contribution in [0.25, 0.3) is 11.5 Å². The van der Waals surface area contributed by atoms with Crippen molar-refractivity contribution in [2.75, 3.05) is 20.3 Å². The summed E-state index contributed by atoms with van der Waals surface area (Å²) in [4.78, 5) is 12.5. The number of ether oxygens (including phenoxy) is 1. The van der Waals surface area contributed by atoms with Crippen LogP contribution in [0.5, 0.6) is 0 Å². The lowest BCUT2D eigenvalue weighted by atomic mass is 10.0. The molecule has 2 aromatic heterocycles. The van der Waals surface area contributed by atoms with E-state index in [0.717, 1.165) is 0 Å². The lowest BCUT2D eigenvalue weighted by Gasteiger charge is -2.11. The monoisotopic (exact) mass is 247 g/mol. The van der Waals surface area contributed by atoms with Gasteiger partial charge in [0, 0.05) is 18.4 Å². The second-order valence-corrected chi connectivity index (χ2v) is 4.09. The predicted octanol–water partition coefficient (Wildman–Crippen LogP) is 0.228. The highest BCUT2D eigenvalue weighted by Crippen LogP contribution is 2.25. The zero-order valence-electron chi connectivity index (χ0n) is 9.91. The summed E-state index contributed by atoms with van der Waals surface area (Å²) < 4.78 is 10.7. The van der Waals surface area contributed by atoms with Crippen molar-refractivity contribution in [1.29, 1.82) is 0 Å². The Morgan fingerprint density at radius 3 is 3.06 bits per heavy atom. The first kappa shape index (κ1) is 11.2. The van der Waals surface area contributed by atoms with Gasteiger partial charge in [0.2, 0.25) is 11.7 Å². The molecule has 0 bridgehead atoms. The van der Waals surface area contributed by atoms with E-state index in [-0.39, 0.29) is 12.0 Å². The molecule has 7 heteroatoms. The average Bonchev–Trinajstić information content (AvgIpc) is 3.08. The van der Waals surface area contributed by atoms with Gasteiger partial charge in [0.05, 0.1) is 25.3 Å². The third-order valence-electron chi connectivity index (χ3n) is 3.00. The Labute approximate surface area is 104 Å². The number of aromatic nitrogens is 4. The lowest BCUT2D eigenvalue weighted by molar-refractivity contribution is 0.185. The largest absolute Gasteiger partial charge is 0.379 e. The third kappa shape index (κ3) is 1.98. The van der Waals surface area contributed by atoms with Gasteiger partial charge in [0.25, 0.3) is 0 Å². The quantitative estimate of drug-likeness (QED) is 0.830. The van der Waals surface area contributed by atoms with Gasteiger partial charge in [-0.25, -0.2) is 4.98 Å². The zero-order valence-corrected chi connectivity index (χ0v) is 9.91. The van der Waals surface area contributed by atoms with Crippen LogP contribution in [0, 0.1) is 0 Å². The first-order chi connectivity index (χ1) is 8.88. The summed E-state index contributed by atoms with van der Waals surface area (Å²) in [7, 11) is 1.90. The maximum absolute atomic E-state index is 5.41. The Bertz CT molecular complexity index is 515. The topological polar surface area (TPSA) is 86.0 Å². The summed E-state index contributed by atoms with van der Waals surface area (Å²) in [5.74, 6) is 1.13. The van der Waals surface area contributed by atoms with Gasteiger partial charge >= 0.3 is 0 Å². The standard InChI is InChI=1S/C11H13N5O2/c1-12-9-6-17-5-7(9)11-15-10(16-18-11)8-4-13-2-3-14-8/h2-4,7,9,12H,5-6H2,1H3. The number of rotatable bonds is 3. The second-order valence-electron chi connectivity index (χ2n) is 4.09. The Balaban J connectivity index is 1.86. The average molecular weight is 247 g/mol. The van der Waals surface area contributed by atoms with E-state index in [1.807, 2.05) is 7.05 Å². The molecule has 3 heterocycles. The van der Waals surface area contributed by atoms with Gasteiger partial charge in [0.1, 0.15) is 5.69 Å². The molecule has 0 aliphatic carbocycles. The van der Waals surface area contributed by atoms with E-state index in [1.54, 1.807) is 18.6 Å². The summed E-state index contributed by atoms with van der Waals surface area (Å²) in [6.07, 6.45) is 4.81. The molecule has 2 unspecified atom stereocenters. The molecule has 94 valence electrons. The lowest BCUT2D eigenvalue weighted by Crippen LogP contribution is -2.31. The van der Waals surface area contributed by atoms with E-state index in [1.165, 1.54) is 0 Å². The summed E-state index contributed by atoms with van der Waals surface area (Å²) in [6, 6.07) is 0.208. The molecule has 2 aromatic rings. The smallest absolute Gasteiger partial charge is 0.234 e. The van der Waals surface area contributed by atoms with Crippen molar-refractivity contribution in [3.05, 3.63) is 24.5 Å². The van der Waals surface area contributed by atoms with Gasteiger partial charge in [-0.15, -0.1) is 0 Å². The number of likely N-dealkylation sites (N-methyl/N-ethyl adjacent to an activating group) is 1. The molecule has 0 spiro atoms. The van der Waals surface area contributed by atoms with E-state index in [4.69, 9.17) is 9.26 Å². The molecule has 0 aromatic carbocycles. The number of nitrogens with one attached hydrogen (secondary N) is 1. The predicted molar refractivity (Wildman–Crippen MR) is 61.7 cm³/mol. The summed E-state index contributed by atoms with van der Waals surface area (Å²) >= 11 is 0. The highest BCUT2D eigenvalue weighted by atomic mass is 16.5. The van der Waals surface area contributed by atoms with Crippen LogP contribution in [-0.2, 0) is 4.74 Å². The fraction of sp³-hybridized carbons (Fsp3) is 0.455. The van der Waals surface area contributed by atoms with Crippen molar-refractivity contribution in [3.8, 4) is 11.5 Å². The maximum atomic E-state index is 5.41. The number of hydrogen-bond donors (Lipinski definition) is 1. The van der Waals surface area contributed by atoms with Gasteiger partial charge in [0.15, 0.2) is 0 Å². The summed E-state index contributed by atoms with van der Waals surface area (Å²) in [5, 5.41) is 7.11. The van der Waals surface area contributed by atoms with E-state index in [2.05, 4.69) is 25.4 Å². The Hall–Kier alpha value is -1.86. The normalized spacial score (nSPS) is 23.4. The second kappa shape index (κ2) is 4.79. The Morgan fingerprint density at radius 2 is 2.28 bits per heavy atom. The molecular weight excluding hydrogens is 234 g/mol. The molecule has 1 aliphatic rings. The van der Waals surface area contributed by atoms with Crippen LogP contribution in [-0.4, -0.2) is 46.4 Å². The van der Waals surface area contributed by atoms with Crippen molar-refractivity contribution in [2.24, 2.45) is 0 Å². The van der Waals surface area contributed by atoms with E-state index < -0.39 is 0 Å². The zero-order chi connectivity index (χ0) is 12.4. The van der Waals surface area contributed by atoms with Crippen molar-refractivity contribution < 1.29 is 9.26 Å². The minimum absolute atomic E-state index is 0.0907. The molecule has 1 fully saturated rings. The Kier molecular flexibility index (Phi) is 2.99. The van der Waals surface area contributed by atoms with Crippen LogP contribution >= 0.6 is 0 Å². The van der Waals surface area contributed by atoms with Crippen molar-refractivity contribution in [3.63, 3.8) is 0 Å². The van der Waals surface area contributed by atoms with Gasteiger partial charge in [-0.2, -0.15) is 4.98 Å². The van der Waals surface area contributed by atoms with Gasteiger partial charge < -0.3 is 14.6 Å². The minimum atomic E-state index is 0.0907. The SMILES string of the molecule is CNC1COCC1c1nc(-c2cnccn2)no1. The molecule has 0 radical (unpaired) electrons. The third-order valence-corrected chi connectivity index (χ3v) is 3.00. The minimum Gasteiger partial charge on any atom is -0.379 e. The van der Waals surface area contributed by atoms with Crippen LogP contribution in [0.15, 0.2) is 23.1 Å². The van der Waals surface area contributed by atoms with Gasteiger partial charge in [-0.05, 0) is 7.05 Å². The van der Waals surface area contributed by atoms with E-state index in [0.29, 0.717) is 30.6 Å². The van der Waals surface area contributed by atoms with Crippen LogP contribution in [0.1, 0.15) is 11.8 Å². The molecular formula is C11H13N5O2. The maximum Gasteiger partial charge on any atom is 0.234 e. The fourth-order valence-corrected chi connectivity index (χ4v) is 1.99. The molecule has 1 aliphatic heterocycles. The fourth-order valence-electron chi connectivity index (χ4n) is 1.99. The number of hydrogen-bond acceptors (Lipinski definition) is 7. The van der Waals surface area contributed by atoms with Crippen LogP contribution in [0.3, 0.4) is 0 Å². The first-order valence-corrected chi connectivity index (χ1v) is 5.73. The molecule has 1 saturated heterocycles. The van der Waals surface area contributed by atoms with Crippen molar-refractivity contribution >= 4 is 0 Å². The highest BCUT2D eigenvalue weighted by molar-refractivity contribution is 5.45. The first-order valence-electron chi connectivity index (χ1n) is 5.73. The molecule has 18 heavy (non-hydrogen) atoms. The number of nitrogens with zero attached hydrogens (tertiary/aromatic N) is 4. The molecule has 0 saturated carbocycles. The molecule has 1 N–H and O–H groups in total. The summed E-state index contributed by atoms with van der Waals surface area (Å²) in [6.45, 7) is 1.25. The Morgan fingerprint density at radius 1 is 1.33 bits per heavy atom. The van der Waals surface area contributed by atoms with E-state index >= 15 is 0 Å². The molecule has 7 nitrogen and oxygen atoms in total. The van der Waals surface area contributed by atoms with Crippen LogP contribution in [0.2, 0.25) is 0 Å². The molecule has 0 amide bonds. The summed E-state index contributed by atoms with van der Waals surface area (Å²) in [5.41, 5.74) is 0.604. The molecule has 3 rings (SSSR count). The van der Waals surface area contributed by atoms with E-state index in [9.17, 15) is 0 Å². The van der Waals surface area contributed by atoms with Crippen LogP contribution in [0.4, 0.5) is 0 Å². The highest BCUT2D eigenvalue weighted by Gasteiger charge is 2.33. The van der Waals surface area contributed by atoms with Crippen molar-refractivity contribution in [2.45, 2.75) is 12.0 Å². The van der Waals surface area contributed by atoms with Gasteiger partial charge in [-0.3, -0.25) is 4.98 Å². The van der Waals surface area contributed by atoms with Gasteiger partial charge in [-0.1, -0.05) is 5.16 Å². The van der Waals surface area contributed by atoms with Crippen LogP contribution < -0.4 is 5.32 Å². The van der Waals surface area contributed by atoms with Crippen molar-refractivity contribution in [1.82, 2.24) is 25.4 Å².